The molecule has 0 saturated heterocycles. The van der Waals surface area contributed by atoms with E-state index in [2.05, 4.69) is 20.1 Å². The van der Waals surface area contributed by atoms with Crippen LogP contribution in [-0.4, -0.2) is 56.5 Å². The van der Waals surface area contributed by atoms with E-state index in [-0.39, 0.29) is 13.2 Å². The van der Waals surface area contributed by atoms with Gasteiger partial charge in [0.1, 0.15) is 6.54 Å². The van der Waals surface area contributed by atoms with Crippen LogP contribution in [0.15, 0.2) is 0 Å². The largest absolute Gasteiger partial charge is 0.480 e. The molecule has 0 bridgehead atoms. The van der Waals surface area contributed by atoms with Gasteiger partial charge < -0.3 is 25.2 Å². The molecule has 0 aromatic carbocycles. The van der Waals surface area contributed by atoms with Crippen LogP contribution in [0, 0.1) is 0 Å². The third-order valence-electron chi connectivity index (χ3n) is 1.56. The molecule has 8 nitrogen and oxygen atoms in total. The summed E-state index contributed by atoms with van der Waals surface area (Å²) in [4.78, 5) is 32.4. The fraction of sp³-hybridized carbons (Fsp3) is 0.625. The first-order valence-corrected chi connectivity index (χ1v) is 4.34. The zero-order valence-electron chi connectivity index (χ0n) is 8.98. The zero-order valence-corrected chi connectivity index (χ0v) is 8.98. The molecule has 0 aromatic heterocycles. The molecule has 0 radical (unpaired) electrons. The zero-order chi connectivity index (χ0) is 12.6. The van der Waals surface area contributed by atoms with Crippen molar-refractivity contribution in [3.8, 4) is 0 Å². The number of methoxy groups -OCH3 is 2. The fourth-order valence-corrected chi connectivity index (χ4v) is 0.775. The van der Waals surface area contributed by atoms with Gasteiger partial charge >= 0.3 is 18.0 Å². The Labute approximate surface area is 91.9 Å². The molecule has 3 N–H and O–H groups in total. The first kappa shape index (κ1) is 14.2. The van der Waals surface area contributed by atoms with Crippen LogP contribution in [0.3, 0.4) is 0 Å². The summed E-state index contributed by atoms with van der Waals surface area (Å²) in [5, 5.41) is 12.9. The Bertz CT molecular complexity index is 267. The van der Waals surface area contributed by atoms with E-state index in [0.717, 1.165) is 0 Å². The molecular weight excluding hydrogens is 220 g/mol. The van der Waals surface area contributed by atoms with Crippen LogP contribution in [0.2, 0.25) is 0 Å². The molecule has 0 saturated carbocycles. The summed E-state index contributed by atoms with van der Waals surface area (Å²) in [7, 11) is 2.48. The lowest BCUT2D eigenvalue weighted by Gasteiger charge is -2.13. The van der Waals surface area contributed by atoms with Gasteiger partial charge in [-0.25, -0.2) is 9.59 Å². The van der Waals surface area contributed by atoms with Gasteiger partial charge in [-0.2, -0.15) is 0 Å². The van der Waals surface area contributed by atoms with E-state index in [1.165, 1.54) is 14.2 Å². The van der Waals surface area contributed by atoms with Gasteiger partial charge in [0.15, 0.2) is 6.04 Å². The number of aliphatic carboxylic acids is 1. The van der Waals surface area contributed by atoms with Crippen LogP contribution in [-0.2, 0) is 19.1 Å². The fourth-order valence-electron chi connectivity index (χ4n) is 0.775. The predicted octanol–water partition coefficient (Wildman–Crippen LogP) is -1.44. The summed E-state index contributed by atoms with van der Waals surface area (Å²) < 4.78 is 8.88. The molecule has 0 aliphatic heterocycles. The Morgan fingerprint density at radius 1 is 1.31 bits per heavy atom. The molecule has 0 spiro atoms. The van der Waals surface area contributed by atoms with Crippen LogP contribution < -0.4 is 10.6 Å². The van der Waals surface area contributed by atoms with E-state index in [1.54, 1.807) is 0 Å². The number of ether oxygens (including phenoxy) is 2. The molecule has 16 heavy (non-hydrogen) atoms. The lowest BCUT2D eigenvalue weighted by molar-refractivity contribution is -0.140. The quantitative estimate of drug-likeness (QED) is 0.485. The van der Waals surface area contributed by atoms with Crippen molar-refractivity contribution in [2.45, 2.75) is 6.04 Å². The van der Waals surface area contributed by atoms with E-state index in [4.69, 9.17) is 5.11 Å². The summed E-state index contributed by atoms with van der Waals surface area (Å²) in [5.41, 5.74) is 0. The van der Waals surface area contributed by atoms with Crippen molar-refractivity contribution in [2.75, 3.05) is 27.4 Å². The number of carboxylic acid groups (broad SMARTS) is 1. The van der Waals surface area contributed by atoms with Crippen LogP contribution in [0.5, 0.6) is 0 Å². The lowest BCUT2D eigenvalue weighted by atomic mass is 10.3. The normalized spacial score (nSPS) is 11.4. The second kappa shape index (κ2) is 7.46. The average molecular weight is 234 g/mol. The second-order valence-electron chi connectivity index (χ2n) is 2.75. The Kier molecular flexibility index (Phi) is 6.61. The van der Waals surface area contributed by atoms with Crippen molar-refractivity contribution < 1.29 is 29.0 Å². The highest BCUT2D eigenvalue weighted by Crippen LogP contribution is 1.85. The van der Waals surface area contributed by atoms with E-state index >= 15 is 0 Å². The Balaban J connectivity index is 4.00. The average Bonchev–Trinajstić information content (AvgIpc) is 2.25. The standard InChI is InChI=1S/C8H14N2O6/c1-15-4-5(7(12)13)10-8(14)9-3-6(11)16-2/h5H,3-4H2,1-2H3,(H,12,13)(H2,9,10,14). The second-order valence-corrected chi connectivity index (χ2v) is 2.75. The van der Waals surface area contributed by atoms with E-state index in [9.17, 15) is 14.4 Å². The summed E-state index contributed by atoms with van der Waals surface area (Å²) in [6.45, 7) is -0.497. The number of hydrogen-bond acceptors (Lipinski definition) is 5. The van der Waals surface area contributed by atoms with Crippen LogP contribution in [0.25, 0.3) is 0 Å². The van der Waals surface area contributed by atoms with Crippen molar-refractivity contribution in [1.82, 2.24) is 10.6 Å². The molecule has 92 valence electrons. The molecule has 0 aromatic rings. The highest BCUT2D eigenvalue weighted by molar-refractivity contribution is 5.85. The molecule has 8 heteroatoms. The monoisotopic (exact) mass is 234 g/mol. The van der Waals surface area contributed by atoms with E-state index in [1.807, 2.05) is 0 Å². The molecule has 1 unspecified atom stereocenters. The number of hydrogen-bond donors (Lipinski definition) is 3. The number of amides is 2. The number of rotatable bonds is 6. The minimum Gasteiger partial charge on any atom is -0.480 e. The van der Waals surface area contributed by atoms with Crippen LogP contribution >= 0.6 is 0 Å². The Morgan fingerprint density at radius 3 is 2.38 bits per heavy atom. The highest BCUT2D eigenvalue weighted by atomic mass is 16.5. The first-order valence-electron chi connectivity index (χ1n) is 4.34. The minimum absolute atomic E-state index is 0.166. The van der Waals surface area contributed by atoms with Crippen molar-refractivity contribution in [3.63, 3.8) is 0 Å². The molecule has 0 fully saturated rings. The van der Waals surface area contributed by atoms with Gasteiger partial charge in [-0.1, -0.05) is 0 Å². The van der Waals surface area contributed by atoms with Gasteiger partial charge in [-0.05, 0) is 0 Å². The topological polar surface area (TPSA) is 114 Å². The number of carbonyl (C=O) groups excluding carboxylic acids is 2. The van der Waals surface area contributed by atoms with Crippen LogP contribution in [0.4, 0.5) is 4.79 Å². The molecule has 0 heterocycles. The van der Waals surface area contributed by atoms with Gasteiger partial charge in [0.2, 0.25) is 0 Å². The number of urea groups is 1. The lowest BCUT2D eigenvalue weighted by Crippen LogP contribution is -2.49. The molecule has 0 aliphatic carbocycles. The van der Waals surface area contributed by atoms with Crippen LogP contribution in [0.1, 0.15) is 0 Å². The van der Waals surface area contributed by atoms with Crippen molar-refractivity contribution in [1.29, 1.82) is 0 Å². The third-order valence-corrected chi connectivity index (χ3v) is 1.56. The maximum Gasteiger partial charge on any atom is 0.328 e. The van der Waals surface area contributed by atoms with Gasteiger partial charge in [0.25, 0.3) is 0 Å². The Morgan fingerprint density at radius 2 is 1.94 bits per heavy atom. The molecular formula is C8H14N2O6. The third kappa shape index (κ3) is 5.81. The van der Waals surface area contributed by atoms with E-state index < -0.39 is 24.0 Å². The maximum atomic E-state index is 11.1. The van der Waals surface area contributed by atoms with Gasteiger partial charge in [0.05, 0.1) is 13.7 Å². The smallest absolute Gasteiger partial charge is 0.328 e. The number of carbonyl (C=O) groups is 3. The number of carboxylic acids is 1. The van der Waals surface area contributed by atoms with Gasteiger partial charge in [-0.15, -0.1) is 0 Å². The van der Waals surface area contributed by atoms with Gasteiger partial charge in [0, 0.05) is 7.11 Å². The number of esters is 1. The van der Waals surface area contributed by atoms with Crippen molar-refractivity contribution in [3.05, 3.63) is 0 Å². The van der Waals surface area contributed by atoms with E-state index in [0.29, 0.717) is 0 Å². The summed E-state index contributed by atoms with van der Waals surface area (Å²) in [6, 6.07) is -1.95. The summed E-state index contributed by atoms with van der Waals surface area (Å²) >= 11 is 0. The Hall–Kier alpha value is -1.83. The highest BCUT2D eigenvalue weighted by Gasteiger charge is 2.19. The molecule has 2 amide bonds. The predicted molar refractivity (Wildman–Crippen MR) is 51.9 cm³/mol. The molecule has 0 aliphatic rings. The summed E-state index contributed by atoms with van der Waals surface area (Å²) in [6.07, 6.45) is 0. The first-order chi connectivity index (χ1) is 7.51. The molecule has 1 atom stereocenters. The van der Waals surface area contributed by atoms with Gasteiger partial charge in [-0.3, -0.25) is 4.79 Å². The number of nitrogens with one attached hydrogen (secondary N) is 2. The maximum absolute atomic E-state index is 11.1. The molecule has 0 rings (SSSR count). The SMILES string of the molecule is COCC(NC(=O)NCC(=O)OC)C(=O)O. The van der Waals surface area contributed by atoms with Crippen molar-refractivity contribution >= 4 is 18.0 Å². The summed E-state index contributed by atoms with van der Waals surface area (Å²) in [5.74, 6) is -1.86. The van der Waals surface area contributed by atoms with Crippen molar-refractivity contribution in [2.24, 2.45) is 0 Å². The minimum atomic E-state index is -1.23.